The first-order valence-corrected chi connectivity index (χ1v) is 11.1. The lowest BCUT2D eigenvalue weighted by molar-refractivity contribution is 0.0843. The summed E-state index contributed by atoms with van der Waals surface area (Å²) in [6, 6.07) is 11.9. The van der Waals surface area contributed by atoms with Crippen molar-refractivity contribution in [2.24, 2.45) is 0 Å². The highest BCUT2D eigenvalue weighted by atomic mass is 32.2. The van der Waals surface area contributed by atoms with Crippen molar-refractivity contribution < 1.29 is 18.0 Å². The second-order valence-corrected chi connectivity index (χ2v) is 8.36. The molecule has 2 aromatic carbocycles. The van der Waals surface area contributed by atoms with Crippen LogP contribution in [0, 0.1) is 0 Å². The summed E-state index contributed by atoms with van der Waals surface area (Å²) in [5.74, 6) is -1.46. The van der Waals surface area contributed by atoms with Gasteiger partial charge in [-0.1, -0.05) is 30.3 Å². The number of carbonyl (C=O) groups is 2. The maximum atomic E-state index is 12.7. The number of hydrazine groups is 1. The van der Waals surface area contributed by atoms with E-state index in [1.807, 2.05) is 0 Å². The van der Waals surface area contributed by atoms with Crippen molar-refractivity contribution in [3.63, 3.8) is 0 Å². The number of aryl methyl sites for hydroxylation is 1. The van der Waals surface area contributed by atoms with Crippen molar-refractivity contribution in [3.8, 4) is 0 Å². The summed E-state index contributed by atoms with van der Waals surface area (Å²) >= 11 is 0. The maximum Gasteiger partial charge on any atom is 0.290 e. The van der Waals surface area contributed by atoms with Gasteiger partial charge in [0.2, 0.25) is 10.0 Å². The van der Waals surface area contributed by atoms with Gasteiger partial charge in [-0.2, -0.15) is 5.10 Å². The van der Waals surface area contributed by atoms with Crippen molar-refractivity contribution in [3.05, 3.63) is 82.8 Å². The zero-order valence-electron chi connectivity index (χ0n) is 17.2. The lowest BCUT2D eigenvalue weighted by Gasteiger charge is -2.11. The highest BCUT2D eigenvalue weighted by Gasteiger charge is 2.18. The third kappa shape index (κ3) is 4.74. The molecule has 0 bridgehead atoms. The molecule has 1 aromatic heterocycles. The highest BCUT2D eigenvalue weighted by molar-refractivity contribution is 7.89. The SMILES string of the molecule is C=CCNS(=O)(=O)c1cccc(C(=O)NNC(=O)c2nn(CC)c(=O)c3ccccc23)c1. The molecular formula is C21H21N5O5S. The monoisotopic (exact) mass is 455 g/mol. The summed E-state index contributed by atoms with van der Waals surface area (Å²) in [6.07, 6.45) is 1.39. The molecule has 166 valence electrons. The Bertz CT molecular complexity index is 1360. The topological polar surface area (TPSA) is 139 Å². The van der Waals surface area contributed by atoms with Crippen molar-refractivity contribution in [2.45, 2.75) is 18.4 Å². The van der Waals surface area contributed by atoms with Gasteiger partial charge in [0.1, 0.15) is 0 Å². The van der Waals surface area contributed by atoms with Crippen LogP contribution in [-0.2, 0) is 16.6 Å². The number of fused-ring (bicyclic) bond motifs is 1. The third-order valence-electron chi connectivity index (χ3n) is 4.50. The van der Waals surface area contributed by atoms with E-state index in [9.17, 15) is 22.8 Å². The fourth-order valence-electron chi connectivity index (χ4n) is 2.92. The van der Waals surface area contributed by atoms with Gasteiger partial charge in [-0.3, -0.25) is 25.2 Å². The summed E-state index contributed by atoms with van der Waals surface area (Å²) < 4.78 is 27.9. The van der Waals surface area contributed by atoms with E-state index in [2.05, 4.69) is 27.3 Å². The molecule has 0 aliphatic heterocycles. The average molecular weight is 455 g/mol. The molecule has 0 unspecified atom stereocenters. The predicted octanol–water partition coefficient (Wildman–Crippen LogP) is 0.956. The van der Waals surface area contributed by atoms with E-state index in [0.29, 0.717) is 10.8 Å². The summed E-state index contributed by atoms with van der Waals surface area (Å²) in [6.45, 7) is 5.47. The molecule has 3 N–H and O–H groups in total. The standard InChI is InChI=1S/C21H21N5O5S/c1-3-12-22-32(30,31)15-9-7-8-14(13-15)19(27)23-24-20(28)18-16-10-5-6-11-17(16)21(29)26(4-2)25-18/h3,5-11,13,22H,1,4,12H2,2H3,(H,23,27)(H,24,28). The Labute approximate surface area is 184 Å². The van der Waals surface area contributed by atoms with E-state index in [1.54, 1.807) is 31.2 Å². The number of benzene rings is 2. The van der Waals surface area contributed by atoms with Gasteiger partial charge in [0.15, 0.2) is 5.69 Å². The molecule has 0 saturated heterocycles. The fourth-order valence-corrected chi connectivity index (χ4v) is 3.96. The van der Waals surface area contributed by atoms with Crippen LogP contribution >= 0.6 is 0 Å². The van der Waals surface area contributed by atoms with Crippen LogP contribution < -0.4 is 21.1 Å². The minimum absolute atomic E-state index is 0.0168. The Morgan fingerprint density at radius 1 is 1.06 bits per heavy atom. The zero-order valence-corrected chi connectivity index (χ0v) is 18.0. The Morgan fingerprint density at radius 2 is 1.75 bits per heavy atom. The second-order valence-electron chi connectivity index (χ2n) is 6.59. The van der Waals surface area contributed by atoms with Gasteiger partial charge in [0, 0.05) is 24.0 Å². The highest BCUT2D eigenvalue weighted by Crippen LogP contribution is 2.14. The Hall–Kier alpha value is -3.83. The van der Waals surface area contributed by atoms with E-state index in [1.165, 1.54) is 30.3 Å². The van der Waals surface area contributed by atoms with Crippen molar-refractivity contribution in [1.82, 2.24) is 25.4 Å². The van der Waals surface area contributed by atoms with Crippen LogP contribution in [-0.4, -0.2) is 36.6 Å². The Morgan fingerprint density at radius 3 is 2.44 bits per heavy atom. The van der Waals surface area contributed by atoms with Crippen LogP contribution in [0.1, 0.15) is 27.8 Å². The van der Waals surface area contributed by atoms with Crippen LogP contribution in [0.4, 0.5) is 0 Å². The fraction of sp³-hybridized carbons (Fsp3) is 0.143. The number of sulfonamides is 1. The predicted molar refractivity (Wildman–Crippen MR) is 118 cm³/mol. The number of aromatic nitrogens is 2. The summed E-state index contributed by atoms with van der Waals surface area (Å²) in [4.78, 5) is 37.5. The third-order valence-corrected chi connectivity index (χ3v) is 5.92. The van der Waals surface area contributed by atoms with Gasteiger partial charge >= 0.3 is 0 Å². The summed E-state index contributed by atoms with van der Waals surface area (Å²) in [5, 5.41) is 4.76. The number of nitrogens with zero attached hydrogens (tertiary/aromatic N) is 2. The van der Waals surface area contributed by atoms with Crippen LogP contribution in [0.15, 0.2) is 70.9 Å². The number of carbonyl (C=O) groups excluding carboxylic acids is 2. The van der Waals surface area contributed by atoms with Crippen LogP contribution in [0.3, 0.4) is 0 Å². The van der Waals surface area contributed by atoms with Gasteiger partial charge in [-0.15, -0.1) is 6.58 Å². The molecular weight excluding hydrogens is 434 g/mol. The molecule has 0 radical (unpaired) electrons. The first-order chi connectivity index (χ1) is 15.3. The van der Waals surface area contributed by atoms with Crippen molar-refractivity contribution in [2.75, 3.05) is 6.54 Å². The number of hydrogen-bond donors (Lipinski definition) is 3. The lowest BCUT2D eigenvalue weighted by atomic mass is 10.1. The van der Waals surface area contributed by atoms with Crippen LogP contribution in [0.2, 0.25) is 0 Å². The molecule has 2 amide bonds. The van der Waals surface area contributed by atoms with Gasteiger partial charge in [-0.05, 0) is 31.2 Å². The molecule has 32 heavy (non-hydrogen) atoms. The van der Waals surface area contributed by atoms with Crippen molar-refractivity contribution >= 4 is 32.6 Å². The molecule has 0 saturated carbocycles. The Kier molecular flexibility index (Phi) is 6.81. The van der Waals surface area contributed by atoms with E-state index < -0.39 is 21.8 Å². The molecule has 11 heteroatoms. The van der Waals surface area contributed by atoms with Crippen molar-refractivity contribution in [1.29, 1.82) is 0 Å². The molecule has 0 fully saturated rings. The molecule has 0 aliphatic carbocycles. The van der Waals surface area contributed by atoms with Gasteiger partial charge < -0.3 is 0 Å². The quantitative estimate of drug-likeness (QED) is 0.358. The number of amides is 2. The van der Waals surface area contributed by atoms with Crippen LogP contribution in [0.25, 0.3) is 10.8 Å². The number of rotatable bonds is 7. The largest absolute Gasteiger partial charge is 0.290 e. The molecule has 3 rings (SSSR count). The van der Waals surface area contributed by atoms with Crippen LogP contribution in [0.5, 0.6) is 0 Å². The molecule has 10 nitrogen and oxygen atoms in total. The normalized spacial score (nSPS) is 11.2. The minimum Gasteiger partial charge on any atom is -0.267 e. The molecule has 0 atom stereocenters. The molecule has 1 heterocycles. The smallest absolute Gasteiger partial charge is 0.267 e. The summed E-state index contributed by atoms with van der Waals surface area (Å²) in [7, 11) is -3.82. The zero-order chi connectivity index (χ0) is 23.3. The second kappa shape index (κ2) is 9.54. The first kappa shape index (κ1) is 22.8. The van der Waals surface area contributed by atoms with Gasteiger partial charge in [0.25, 0.3) is 17.4 Å². The van der Waals surface area contributed by atoms with Gasteiger partial charge in [0.05, 0.1) is 10.3 Å². The number of nitrogens with one attached hydrogen (secondary N) is 3. The van der Waals surface area contributed by atoms with Gasteiger partial charge in [-0.25, -0.2) is 17.8 Å². The molecule has 3 aromatic rings. The minimum atomic E-state index is -3.82. The Balaban J connectivity index is 1.81. The lowest BCUT2D eigenvalue weighted by Crippen LogP contribution is -2.42. The van der Waals surface area contributed by atoms with E-state index in [0.717, 1.165) is 4.68 Å². The van der Waals surface area contributed by atoms with E-state index in [-0.39, 0.29) is 34.8 Å². The molecule has 0 aliphatic rings. The summed E-state index contributed by atoms with van der Waals surface area (Å²) in [5.41, 5.74) is 4.15. The maximum absolute atomic E-state index is 12.7. The van der Waals surface area contributed by atoms with E-state index >= 15 is 0 Å². The first-order valence-electron chi connectivity index (χ1n) is 9.59. The van der Waals surface area contributed by atoms with E-state index in [4.69, 9.17) is 0 Å². The molecule has 0 spiro atoms. The average Bonchev–Trinajstić information content (AvgIpc) is 2.81. The number of hydrogen-bond acceptors (Lipinski definition) is 6.